The molecule has 0 radical (unpaired) electrons. The first-order valence-corrected chi connectivity index (χ1v) is 12.4. The quantitative estimate of drug-likeness (QED) is 0.564. The number of nitriles is 2. The Morgan fingerprint density at radius 2 is 1.09 bits per heavy atom. The van der Waals surface area contributed by atoms with Crippen LogP contribution in [0, 0.1) is 22.7 Å². The van der Waals surface area contributed by atoms with Gasteiger partial charge < -0.3 is 9.47 Å². The highest BCUT2D eigenvalue weighted by Gasteiger charge is 2.36. The van der Waals surface area contributed by atoms with Crippen molar-refractivity contribution in [2.45, 2.75) is 35.1 Å². The number of carbonyl (C=O) groups excluding carboxylic acids is 2. The number of sulfonamides is 2. The minimum Gasteiger partial charge on any atom is -0.440 e. The molecule has 0 spiro atoms. The van der Waals surface area contributed by atoms with Crippen molar-refractivity contribution >= 4 is 32.0 Å². The van der Waals surface area contributed by atoms with E-state index in [4.69, 9.17) is 20.0 Å². The van der Waals surface area contributed by atoms with Crippen molar-refractivity contribution in [1.82, 2.24) is 9.44 Å². The molecule has 12 nitrogen and oxygen atoms in total. The molecule has 2 unspecified atom stereocenters. The number of fused-ring (bicyclic) bond motifs is 2. The van der Waals surface area contributed by atoms with Crippen molar-refractivity contribution in [2.75, 3.05) is 0 Å². The standard InChI is InChI=1S/2C10H8N2O4S/c2*11-6-5-9(13)16-10-7-3-1-2-4-8(7)17(14,15)12-10/h2*1-4,10,12H,5H2. The van der Waals surface area contributed by atoms with E-state index < -0.39 is 57.3 Å². The van der Waals surface area contributed by atoms with Crippen molar-refractivity contribution in [3.8, 4) is 12.1 Å². The predicted octanol–water partition coefficient (Wildman–Crippen LogP) is 0.868. The normalized spacial score (nSPS) is 20.3. The van der Waals surface area contributed by atoms with Gasteiger partial charge in [-0.3, -0.25) is 9.59 Å². The highest BCUT2D eigenvalue weighted by molar-refractivity contribution is 7.90. The van der Waals surface area contributed by atoms with Gasteiger partial charge in [-0.25, -0.2) is 16.8 Å². The van der Waals surface area contributed by atoms with E-state index in [9.17, 15) is 26.4 Å². The van der Waals surface area contributed by atoms with Gasteiger partial charge >= 0.3 is 11.9 Å². The van der Waals surface area contributed by atoms with E-state index in [0.29, 0.717) is 11.1 Å². The fourth-order valence-corrected chi connectivity index (χ4v) is 5.72. The summed E-state index contributed by atoms with van der Waals surface area (Å²) in [4.78, 5) is 22.5. The number of hydrogen-bond donors (Lipinski definition) is 2. The summed E-state index contributed by atoms with van der Waals surface area (Å²) in [7, 11) is -7.25. The fraction of sp³-hybridized carbons (Fsp3) is 0.200. The number of benzene rings is 2. The first-order valence-electron chi connectivity index (χ1n) is 9.44. The molecule has 176 valence electrons. The SMILES string of the molecule is N#CCC(=O)OC1NS(=O)(=O)c2ccccc21.N#CCC(=O)OC1NS(=O)(=O)c2ccccc21. The van der Waals surface area contributed by atoms with E-state index in [1.165, 1.54) is 12.1 Å². The van der Waals surface area contributed by atoms with Gasteiger partial charge in [0.1, 0.15) is 12.8 Å². The Kier molecular flexibility index (Phi) is 7.29. The maximum absolute atomic E-state index is 11.6. The van der Waals surface area contributed by atoms with Crippen LogP contribution in [0.15, 0.2) is 58.3 Å². The lowest BCUT2D eigenvalue weighted by molar-refractivity contribution is -0.149. The van der Waals surface area contributed by atoms with E-state index in [0.717, 1.165) is 0 Å². The lowest BCUT2D eigenvalue weighted by atomic mass is 10.2. The Morgan fingerprint density at radius 3 is 1.44 bits per heavy atom. The first-order chi connectivity index (χ1) is 16.1. The zero-order valence-electron chi connectivity index (χ0n) is 17.2. The van der Waals surface area contributed by atoms with Gasteiger partial charge in [0.2, 0.25) is 20.0 Å². The number of esters is 2. The van der Waals surface area contributed by atoms with Gasteiger partial charge in [-0.15, -0.1) is 0 Å². The molecule has 2 atom stereocenters. The molecule has 2 aliphatic rings. The van der Waals surface area contributed by atoms with E-state index in [-0.39, 0.29) is 9.79 Å². The summed E-state index contributed by atoms with van der Waals surface area (Å²) < 4.78 is 60.7. The lowest BCUT2D eigenvalue weighted by Crippen LogP contribution is -2.24. The third-order valence-corrected chi connectivity index (χ3v) is 7.40. The summed E-state index contributed by atoms with van der Waals surface area (Å²) >= 11 is 0. The van der Waals surface area contributed by atoms with Crippen molar-refractivity contribution < 1.29 is 35.9 Å². The maximum atomic E-state index is 11.6. The first kappa shape index (κ1) is 24.8. The van der Waals surface area contributed by atoms with E-state index in [1.54, 1.807) is 48.5 Å². The summed E-state index contributed by atoms with van der Waals surface area (Å²) in [6.45, 7) is 0. The molecule has 0 bridgehead atoms. The van der Waals surface area contributed by atoms with Crippen LogP contribution in [0.1, 0.15) is 36.4 Å². The molecule has 2 aromatic rings. The monoisotopic (exact) mass is 504 g/mol. The molecule has 2 N–H and O–H groups in total. The van der Waals surface area contributed by atoms with Crippen molar-refractivity contribution in [3.05, 3.63) is 59.7 Å². The number of nitrogens with one attached hydrogen (secondary N) is 2. The van der Waals surface area contributed by atoms with Crippen LogP contribution in [0.3, 0.4) is 0 Å². The highest BCUT2D eigenvalue weighted by atomic mass is 32.2. The van der Waals surface area contributed by atoms with Gasteiger partial charge in [0, 0.05) is 11.1 Å². The molecule has 0 saturated heterocycles. The topological polar surface area (TPSA) is 193 Å². The van der Waals surface area contributed by atoms with Crippen LogP contribution in [0.2, 0.25) is 0 Å². The minimum atomic E-state index is -3.63. The van der Waals surface area contributed by atoms with Gasteiger partial charge in [-0.1, -0.05) is 36.4 Å². The smallest absolute Gasteiger partial charge is 0.322 e. The van der Waals surface area contributed by atoms with Crippen LogP contribution in [-0.4, -0.2) is 28.8 Å². The van der Waals surface area contributed by atoms with Crippen LogP contribution < -0.4 is 9.44 Å². The van der Waals surface area contributed by atoms with Gasteiger partial charge in [-0.05, 0) is 12.1 Å². The lowest BCUT2D eigenvalue weighted by Gasteiger charge is -2.10. The van der Waals surface area contributed by atoms with Crippen molar-refractivity contribution in [1.29, 1.82) is 10.5 Å². The summed E-state index contributed by atoms with van der Waals surface area (Å²) in [6.07, 6.45) is -2.92. The second-order valence-corrected chi connectivity index (χ2v) is 10.1. The fourth-order valence-electron chi connectivity index (χ4n) is 3.07. The molecule has 0 aromatic heterocycles. The third kappa shape index (κ3) is 5.38. The number of ether oxygens (including phenoxy) is 2. The second kappa shape index (κ2) is 9.98. The van der Waals surface area contributed by atoms with E-state index in [1.807, 2.05) is 0 Å². The highest BCUT2D eigenvalue weighted by Crippen LogP contribution is 2.32. The average molecular weight is 505 g/mol. The molecule has 0 amide bonds. The molecule has 4 rings (SSSR count). The average Bonchev–Trinajstić information content (AvgIpc) is 3.18. The predicted molar refractivity (Wildman–Crippen MR) is 112 cm³/mol. The van der Waals surface area contributed by atoms with Crippen LogP contribution in [0.5, 0.6) is 0 Å². The van der Waals surface area contributed by atoms with E-state index >= 15 is 0 Å². The summed E-state index contributed by atoms with van der Waals surface area (Å²) in [5.74, 6) is -1.53. The molecule has 2 heterocycles. The Balaban J connectivity index is 0.000000191. The third-order valence-electron chi connectivity index (χ3n) is 4.45. The molecule has 2 aromatic carbocycles. The Labute approximate surface area is 194 Å². The van der Waals surface area contributed by atoms with Crippen LogP contribution in [-0.2, 0) is 39.1 Å². The Bertz CT molecular complexity index is 1320. The molecule has 0 aliphatic carbocycles. The Morgan fingerprint density at radius 1 is 0.735 bits per heavy atom. The maximum Gasteiger partial charge on any atom is 0.322 e. The Hall–Kier alpha value is -3.82. The van der Waals surface area contributed by atoms with Gasteiger partial charge in [0.15, 0.2) is 12.5 Å². The zero-order valence-corrected chi connectivity index (χ0v) is 18.8. The summed E-state index contributed by atoms with van der Waals surface area (Å²) in [5.41, 5.74) is 0.748. The van der Waals surface area contributed by atoms with Crippen LogP contribution in [0.25, 0.3) is 0 Å². The largest absolute Gasteiger partial charge is 0.440 e. The van der Waals surface area contributed by atoms with Crippen LogP contribution in [0.4, 0.5) is 0 Å². The number of rotatable bonds is 4. The molecule has 14 heteroatoms. The van der Waals surface area contributed by atoms with Crippen molar-refractivity contribution in [3.63, 3.8) is 0 Å². The summed E-state index contributed by atoms with van der Waals surface area (Å²) in [6, 6.07) is 15.7. The number of nitrogens with zero attached hydrogens (tertiary/aromatic N) is 2. The minimum absolute atomic E-state index is 0.0924. The molecular formula is C20H16N4O8S2. The molecule has 0 saturated carbocycles. The number of carbonyl (C=O) groups is 2. The number of hydrogen-bond acceptors (Lipinski definition) is 10. The molecule has 0 fully saturated rings. The van der Waals surface area contributed by atoms with Crippen LogP contribution >= 0.6 is 0 Å². The molecule has 2 aliphatic heterocycles. The molecule has 34 heavy (non-hydrogen) atoms. The zero-order chi connectivity index (χ0) is 24.9. The van der Waals surface area contributed by atoms with Gasteiger partial charge in [-0.2, -0.15) is 20.0 Å². The van der Waals surface area contributed by atoms with Gasteiger partial charge in [0.25, 0.3) is 0 Å². The van der Waals surface area contributed by atoms with Gasteiger partial charge in [0.05, 0.1) is 21.9 Å². The second-order valence-electron chi connectivity index (χ2n) is 6.73. The van der Waals surface area contributed by atoms with E-state index in [2.05, 4.69) is 9.44 Å². The summed E-state index contributed by atoms with van der Waals surface area (Å²) in [5, 5.41) is 16.6. The molecular weight excluding hydrogens is 488 g/mol. The van der Waals surface area contributed by atoms with Crippen molar-refractivity contribution in [2.24, 2.45) is 0 Å².